The quantitative estimate of drug-likeness (QED) is 0.803. The first kappa shape index (κ1) is 15.6. The third-order valence-corrected chi connectivity index (χ3v) is 3.45. The Labute approximate surface area is 126 Å². The topological polar surface area (TPSA) is 97.6 Å². The van der Waals surface area contributed by atoms with E-state index in [1.165, 1.54) is 18.7 Å². The van der Waals surface area contributed by atoms with Gasteiger partial charge in [-0.15, -0.1) is 0 Å². The van der Waals surface area contributed by atoms with E-state index >= 15 is 0 Å². The number of ether oxygens (including phenoxy) is 1. The highest BCUT2D eigenvalue weighted by Gasteiger charge is 2.22. The van der Waals surface area contributed by atoms with Gasteiger partial charge in [-0.05, 0) is 18.6 Å². The maximum atomic E-state index is 12.3. The minimum Gasteiger partial charge on any atom is -0.506 e. The molecule has 0 aliphatic carbocycles. The van der Waals surface area contributed by atoms with Gasteiger partial charge >= 0.3 is 5.97 Å². The number of carbonyl (C=O) groups is 2. The number of nitrogens with one attached hydrogen (secondary N) is 1. The van der Waals surface area contributed by atoms with Crippen LogP contribution in [0.3, 0.4) is 0 Å². The van der Waals surface area contributed by atoms with E-state index in [9.17, 15) is 19.5 Å². The summed E-state index contributed by atoms with van der Waals surface area (Å²) in [6, 6.07) is 5.20. The molecule has 0 fully saturated rings. The summed E-state index contributed by atoms with van der Waals surface area (Å²) in [5.41, 5.74) is 0.214. The molecule has 2 N–H and O–H groups in total. The van der Waals surface area contributed by atoms with Gasteiger partial charge in [-0.1, -0.05) is 12.1 Å². The summed E-state index contributed by atoms with van der Waals surface area (Å²) < 4.78 is 5.70. The first-order chi connectivity index (χ1) is 10.4. The molecule has 0 saturated heterocycles. The van der Waals surface area contributed by atoms with Gasteiger partial charge < -0.3 is 19.7 Å². The van der Waals surface area contributed by atoms with Crippen LogP contribution in [0.1, 0.15) is 15.9 Å². The van der Waals surface area contributed by atoms with Gasteiger partial charge in [0, 0.05) is 12.4 Å². The SMILES string of the molecule is COC(=O)CNC(=O)c1c(O)c2c(C)cccc2n(C)c1=O. The van der Waals surface area contributed by atoms with Crippen molar-refractivity contribution in [2.24, 2.45) is 7.05 Å². The maximum Gasteiger partial charge on any atom is 0.325 e. The number of methoxy groups -OCH3 is 1. The van der Waals surface area contributed by atoms with E-state index in [2.05, 4.69) is 10.1 Å². The average Bonchev–Trinajstić information content (AvgIpc) is 2.50. The zero-order chi connectivity index (χ0) is 16.4. The summed E-state index contributed by atoms with van der Waals surface area (Å²) >= 11 is 0. The normalized spacial score (nSPS) is 10.5. The number of rotatable bonds is 3. The van der Waals surface area contributed by atoms with Crippen molar-refractivity contribution in [2.75, 3.05) is 13.7 Å². The average molecular weight is 304 g/mol. The lowest BCUT2D eigenvalue weighted by Gasteiger charge is -2.13. The number of nitrogens with zero attached hydrogens (tertiary/aromatic N) is 1. The molecule has 0 bridgehead atoms. The van der Waals surface area contributed by atoms with E-state index in [1.807, 2.05) is 0 Å². The van der Waals surface area contributed by atoms with E-state index in [1.54, 1.807) is 25.1 Å². The van der Waals surface area contributed by atoms with Crippen molar-refractivity contribution in [3.63, 3.8) is 0 Å². The number of hydrogen-bond donors (Lipinski definition) is 2. The van der Waals surface area contributed by atoms with Crippen molar-refractivity contribution in [1.29, 1.82) is 0 Å². The standard InChI is InChI=1S/C15H16N2O5/c1-8-5-4-6-9-11(8)13(19)12(15(21)17(9)2)14(20)16-7-10(18)22-3/h4-6,19H,7H2,1-3H3,(H,16,20). The number of fused-ring (bicyclic) bond motifs is 1. The van der Waals surface area contributed by atoms with Crippen LogP contribution < -0.4 is 10.9 Å². The molecule has 0 aliphatic heterocycles. The van der Waals surface area contributed by atoms with Gasteiger partial charge in [0.25, 0.3) is 11.5 Å². The Morgan fingerprint density at radius 3 is 2.68 bits per heavy atom. The Balaban J connectivity index is 2.60. The zero-order valence-electron chi connectivity index (χ0n) is 12.5. The first-order valence-corrected chi connectivity index (χ1v) is 6.54. The molecule has 1 aromatic carbocycles. The van der Waals surface area contributed by atoms with Crippen molar-refractivity contribution in [3.05, 3.63) is 39.7 Å². The molecular formula is C15H16N2O5. The van der Waals surface area contributed by atoms with E-state index in [-0.39, 0.29) is 6.54 Å². The summed E-state index contributed by atoms with van der Waals surface area (Å²) in [5, 5.41) is 13.0. The fourth-order valence-corrected chi connectivity index (χ4v) is 2.26. The Hall–Kier alpha value is -2.83. The zero-order valence-corrected chi connectivity index (χ0v) is 12.5. The fourth-order valence-electron chi connectivity index (χ4n) is 2.26. The van der Waals surface area contributed by atoms with Gasteiger partial charge in [0.2, 0.25) is 0 Å². The van der Waals surface area contributed by atoms with E-state index in [0.29, 0.717) is 10.9 Å². The molecular weight excluding hydrogens is 288 g/mol. The number of aryl methyl sites for hydroxylation is 2. The second-order valence-corrected chi connectivity index (χ2v) is 4.82. The summed E-state index contributed by atoms with van der Waals surface area (Å²) in [5.74, 6) is -1.87. The van der Waals surface area contributed by atoms with Crippen molar-refractivity contribution in [3.8, 4) is 5.75 Å². The number of esters is 1. The second kappa shape index (κ2) is 5.88. The van der Waals surface area contributed by atoms with Crippen LogP contribution >= 0.6 is 0 Å². The number of carbonyl (C=O) groups excluding carboxylic acids is 2. The molecule has 0 radical (unpaired) electrons. The third-order valence-electron chi connectivity index (χ3n) is 3.45. The molecule has 1 amide bonds. The molecule has 1 aromatic heterocycles. The minimum absolute atomic E-state index is 0.385. The van der Waals surface area contributed by atoms with Crippen LogP contribution in [0.15, 0.2) is 23.0 Å². The molecule has 0 atom stereocenters. The van der Waals surface area contributed by atoms with Crippen LogP contribution in [-0.4, -0.2) is 35.2 Å². The van der Waals surface area contributed by atoms with E-state index in [4.69, 9.17) is 0 Å². The molecule has 2 aromatic rings. The minimum atomic E-state index is -0.825. The predicted octanol–water partition coefficient (Wildman–Crippen LogP) is 0.455. The van der Waals surface area contributed by atoms with Gasteiger partial charge in [0.1, 0.15) is 17.9 Å². The monoisotopic (exact) mass is 304 g/mol. The molecule has 0 aliphatic rings. The lowest BCUT2D eigenvalue weighted by Crippen LogP contribution is -2.35. The van der Waals surface area contributed by atoms with E-state index < -0.39 is 28.7 Å². The van der Waals surface area contributed by atoms with Crippen molar-refractivity contribution < 1.29 is 19.4 Å². The molecule has 0 spiro atoms. The first-order valence-electron chi connectivity index (χ1n) is 6.54. The molecule has 1 heterocycles. The number of amides is 1. The van der Waals surface area contributed by atoms with Gasteiger partial charge in [0.15, 0.2) is 0 Å². The fraction of sp³-hybridized carbons (Fsp3) is 0.267. The molecule has 7 heteroatoms. The number of aromatic nitrogens is 1. The van der Waals surface area contributed by atoms with Gasteiger partial charge in [0.05, 0.1) is 12.6 Å². The van der Waals surface area contributed by atoms with Crippen molar-refractivity contribution in [2.45, 2.75) is 6.92 Å². The highest BCUT2D eigenvalue weighted by Crippen LogP contribution is 2.28. The molecule has 22 heavy (non-hydrogen) atoms. The molecule has 116 valence electrons. The third kappa shape index (κ3) is 2.52. The summed E-state index contributed by atoms with van der Waals surface area (Å²) in [7, 11) is 2.70. The maximum absolute atomic E-state index is 12.3. The summed E-state index contributed by atoms with van der Waals surface area (Å²) in [4.78, 5) is 35.5. The highest BCUT2D eigenvalue weighted by molar-refractivity contribution is 6.03. The van der Waals surface area contributed by atoms with Crippen molar-refractivity contribution >= 4 is 22.8 Å². The lowest BCUT2D eigenvalue weighted by molar-refractivity contribution is -0.139. The number of hydrogen-bond acceptors (Lipinski definition) is 5. The van der Waals surface area contributed by atoms with Gasteiger partial charge in [-0.25, -0.2) is 0 Å². The van der Waals surface area contributed by atoms with Crippen LogP contribution in [0.2, 0.25) is 0 Å². The van der Waals surface area contributed by atoms with Gasteiger partial charge in [-0.3, -0.25) is 14.4 Å². The second-order valence-electron chi connectivity index (χ2n) is 4.82. The van der Waals surface area contributed by atoms with Gasteiger partial charge in [-0.2, -0.15) is 0 Å². The molecule has 7 nitrogen and oxygen atoms in total. The number of pyridine rings is 1. The van der Waals surface area contributed by atoms with Crippen LogP contribution in [0.4, 0.5) is 0 Å². The van der Waals surface area contributed by atoms with Crippen LogP contribution in [0.5, 0.6) is 5.75 Å². The highest BCUT2D eigenvalue weighted by atomic mass is 16.5. The molecule has 2 rings (SSSR count). The number of aromatic hydroxyl groups is 1. The lowest BCUT2D eigenvalue weighted by atomic mass is 10.0. The molecule has 0 saturated carbocycles. The Morgan fingerprint density at radius 2 is 2.05 bits per heavy atom. The Morgan fingerprint density at radius 1 is 1.36 bits per heavy atom. The largest absolute Gasteiger partial charge is 0.506 e. The number of benzene rings is 1. The van der Waals surface area contributed by atoms with Crippen LogP contribution in [0, 0.1) is 6.92 Å². The van der Waals surface area contributed by atoms with Crippen LogP contribution in [-0.2, 0) is 16.6 Å². The van der Waals surface area contributed by atoms with Crippen molar-refractivity contribution in [1.82, 2.24) is 9.88 Å². The van der Waals surface area contributed by atoms with Crippen LogP contribution in [0.25, 0.3) is 10.9 Å². The Kier molecular flexibility index (Phi) is 4.16. The summed E-state index contributed by atoms with van der Waals surface area (Å²) in [6.45, 7) is 1.38. The van der Waals surface area contributed by atoms with E-state index in [0.717, 1.165) is 5.56 Å². The smallest absolute Gasteiger partial charge is 0.325 e. The Bertz CT molecular complexity index is 823. The predicted molar refractivity (Wildman–Crippen MR) is 79.9 cm³/mol. The summed E-state index contributed by atoms with van der Waals surface area (Å²) in [6.07, 6.45) is 0. The molecule has 0 unspecified atom stereocenters.